The Morgan fingerprint density at radius 1 is 1.67 bits per heavy atom. The van der Waals surface area contributed by atoms with E-state index in [-0.39, 0.29) is 11.3 Å². The zero-order chi connectivity index (χ0) is 10.9. The molecule has 15 heavy (non-hydrogen) atoms. The number of carbonyl (C=O) groups excluding carboxylic acids is 1. The number of thiophene rings is 1. The minimum absolute atomic E-state index is 0.205. The molecule has 2 N–H and O–H groups in total. The van der Waals surface area contributed by atoms with Crippen LogP contribution >= 0.6 is 11.3 Å². The smallest absolute Gasteiger partial charge is 0.230 e. The predicted molar refractivity (Wildman–Crippen MR) is 61.5 cm³/mol. The van der Waals surface area contributed by atoms with Crippen LogP contribution in [0.15, 0.2) is 16.8 Å². The summed E-state index contributed by atoms with van der Waals surface area (Å²) in [6.45, 7) is 1.18. The van der Waals surface area contributed by atoms with Crippen molar-refractivity contribution >= 4 is 17.2 Å². The van der Waals surface area contributed by atoms with Gasteiger partial charge in [0.1, 0.15) is 0 Å². The Hall–Kier alpha value is -0.870. The topological polar surface area (TPSA) is 46.3 Å². The van der Waals surface area contributed by atoms with E-state index >= 15 is 0 Å². The molecule has 1 fully saturated rings. The molecule has 0 spiro atoms. The number of amides is 1. The molecule has 0 aromatic carbocycles. The van der Waals surface area contributed by atoms with Crippen LogP contribution in [0.25, 0.3) is 0 Å². The molecule has 1 aromatic rings. The van der Waals surface area contributed by atoms with Crippen molar-refractivity contribution in [2.45, 2.75) is 19.4 Å². The maximum Gasteiger partial charge on any atom is 0.230 e. The maximum absolute atomic E-state index is 12.0. The van der Waals surface area contributed by atoms with Gasteiger partial charge in [0, 0.05) is 20.1 Å². The molecule has 1 heterocycles. The Morgan fingerprint density at radius 2 is 2.40 bits per heavy atom. The van der Waals surface area contributed by atoms with Crippen LogP contribution in [0.2, 0.25) is 0 Å². The van der Waals surface area contributed by atoms with Crippen molar-refractivity contribution in [3.05, 3.63) is 22.4 Å². The van der Waals surface area contributed by atoms with Gasteiger partial charge in [-0.1, -0.05) is 0 Å². The zero-order valence-corrected chi connectivity index (χ0v) is 9.72. The Labute approximate surface area is 93.9 Å². The highest BCUT2D eigenvalue weighted by Gasteiger charge is 2.49. The highest BCUT2D eigenvalue weighted by Crippen LogP contribution is 2.46. The summed E-state index contributed by atoms with van der Waals surface area (Å²) in [7, 11) is 1.86. The van der Waals surface area contributed by atoms with Crippen molar-refractivity contribution in [3.8, 4) is 0 Å². The van der Waals surface area contributed by atoms with Crippen molar-refractivity contribution in [2.24, 2.45) is 11.1 Å². The highest BCUT2D eigenvalue weighted by atomic mass is 32.1. The van der Waals surface area contributed by atoms with Gasteiger partial charge in [0.15, 0.2) is 0 Å². The molecule has 0 radical (unpaired) electrons. The number of nitrogens with two attached hydrogens (primary N) is 1. The van der Waals surface area contributed by atoms with Crippen LogP contribution in [0.4, 0.5) is 0 Å². The molecule has 3 nitrogen and oxygen atoms in total. The normalized spacial score (nSPS) is 17.5. The second-order valence-electron chi connectivity index (χ2n) is 4.28. The predicted octanol–water partition coefficient (Wildman–Crippen LogP) is 1.45. The van der Waals surface area contributed by atoms with E-state index in [0.29, 0.717) is 13.1 Å². The van der Waals surface area contributed by atoms with Crippen molar-refractivity contribution < 1.29 is 4.79 Å². The first-order valence-corrected chi connectivity index (χ1v) is 6.09. The Kier molecular flexibility index (Phi) is 2.80. The molecule has 0 atom stereocenters. The largest absolute Gasteiger partial charge is 0.341 e. The van der Waals surface area contributed by atoms with Gasteiger partial charge in [0.2, 0.25) is 5.91 Å². The van der Waals surface area contributed by atoms with E-state index in [4.69, 9.17) is 5.73 Å². The van der Waals surface area contributed by atoms with Gasteiger partial charge < -0.3 is 10.6 Å². The highest BCUT2D eigenvalue weighted by molar-refractivity contribution is 7.07. The van der Waals surface area contributed by atoms with E-state index in [1.165, 1.54) is 5.56 Å². The number of hydrogen-bond donors (Lipinski definition) is 1. The summed E-state index contributed by atoms with van der Waals surface area (Å²) in [6.07, 6.45) is 1.91. The maximum atomic E-state index is 12.0. The Morgan fingerprint density at radius 3 is 2.87 bits per heavy atom. The standard InChI is InChI=1S/C11H16N2OS/c1-13(6-9-2-5-15-7-9)10(14)11(8-12)3-4-11/h2,5,7H,3-4,6,8,12H2,1H3. The molecule has 4 heteroatoms. The zero-order valence-electron chi connectivity index (χ0n) is 8.90. The first-order valence-electron chi connectivity index (χ1n) is 5.15. The lowest BCUT2D eigenvalue weighted by molar-refractivity contribution is -0.135. The Balaban J connectivity index is 1.96. The van der Waals surface area contributed by atoms with E-state index in [1.807, 2.05) is 12.4 Å². The average molecular weight is 224 g/mol. The second kappa shape index (κ2) is 3.94. The molecular weight excluding hydrogens is 208 g/mol. The molecule has 82 valence electrons. The molecule has 1 aromatic heterocycles. The number of nitrogens with zero attached hydrogens (tertiary/aromatic N) is 1. The molecule has 0 saturated heterocycles. The fraction of sp³-hybridized carbons (Fsp3) is 0.545. The van der Waals surface area contributed by atoms with Crippen LogP contribution < -0.4 is 5.73 Å². The number of rotatable bonds is 4. The van der Waals surface area contributed by atoms with E-state index < -0.39 is 0 Å². The average Bonchev–Trinajstić information content (AvgIpc) is 2.89. The first kappa shape index (κ1) is 10.6. The molecule has 0 aliphatic heterocycles. The minimum Gasteiger partial charge on any atom is -0.341 e. The van der Waals surface area contributed by atoms with Crippen LogP contribution in [-0.2, 0) is 11.3 Å². The number of carbonyl (C=O) groups is 1. The lowest BCUT2D eigenvalue weighted by atomic mass is 10.1. The molecular formula is C11H16N2OS. The van der Waals surface area contributed by atoms with Crippen molar-refractivity contribution in [2.75, 3.05) is 13.6 Å². The molecule has 1 saturated carbocycles. The summed E-state index contributed by atoms with van der Waals surface area (Å²) in [4.78, 5) is 13.8. The molecule has 0 bridgehead atoms. The molecule has 0 unspecified atom stereocenters. The van der Waals surface area contributed by atoms with Crippen LogP contribution in [-0.4, -0.2) is 24.4 Å². The van der Waals surface area contributed by atoms with Crippen molar-refractivity contribution in [1.82, 2.24) is 4.90 Å². The van der Waals surface area contributed by atoms with Gasteiger partial charge in [-0.2, -0.15) is 11.3 Å². The third kappa shape index (κ3) is 2.06. The SMILES string of the molecule is CN(Cc1ccsc1)C(=O)C1(CN)CC1. The van der Waals surface area contributed by atoms with Gasteiger partial charge in [0.25, 0.3) is 0 Å². The van der Waals surface area contributed by atoms with E-state index in [1.54, 1.807) is 16.2 Å². The van der Waals surface area contributed by atoms with Crippen molar-refractivity contribution in [1.29, 1.82) is 0 Å². The number of hydrogen-bond acceptors (Lipinski definition) is 3. The van der Waals surface area contributed by atoms with Gasteiger partial charge in [-0.25, -0.2) is 0 Å². The fourth-order valence-corrected chi connectivity index (χ4v) is 2.45. The van der Waals surface area contributed by atoms with Gasteiger partial charge in [-0.15, -0.1) is 0 Å². The summed E-state index contributed by atoms with van der Waals surface area (Å²) >= 11 is 1.66. The third-order valence-electron chi connectivity index (χ3n) is 3.04. The van der Waals surface area contributed by atoms with E-state index in [0.717, 1.165) is 12.8 Å². The molecule has 1 aliphatic carbocycles. The van der Waals surface area contributed by atoms with E-state index in [2.05, 4.69) is 11.4 Å². The fourth-order valence-electron chi connectivity index (χ4n) is 1.79. The summed E-state index contributed by atoms with van der Waals surface area (Å²) in [5.41, 5.74) is 6.62. The lowest BCUT2D eigenvalue weighted by Crippen LogP contribution is -2.37. The molecule has 1 amide bonds. The van der Waals surface area contributed by atoms with Gasteiger partial charge in [-0.05, 0) is 35.2 Å². The van der Waals surface area contributed by atoms with Gasteiger partial charge in [-0.3, -0.25) is 4.79 Å². The Bertz CT molecular complexity index is 343. The second-order valence-corrected chi connectivity index (χ2v) is 5.06. The lowest BCUT2D eigenvalue weighted by Gasteiger charge is -2.22. The summed E-state index contributed by atoms with van der Waals surface area (Å²) in [6, 6.07) is 2.05. The van der Waals surface area contributed by atoms with Crippen LogP contribution in [0.1, 0.15) is 18.4 Å². The van der Waals surface area contributed by atoms with Crippen molar-refractivity contribution in [3.63, 3.8) is 0 Å². The third-order valence-corrected chi connectivity index (χ3v) is 3.78. The minimum atomic E-state index is -0.217. The quantitative estimate of drug-likeness (QED) is 0.841. The van der Waals surface area contributed by atoms with Crippen LogP contribution in [0, 0.1) is 5.41 Å². The van der Waals surface area contributed by atoms with Crippen LogP contribution in [0.5, 0.6) is 0 Å². The summed E-state index contributed by atoms with van der Waals surface area (Å²) < 4.78 is 0. The summed E-state index contributed by atoms with van der Waals surface area (Å²) in [5, 5.41) is 4.11. The van der Waals surface area contributed by atoms with E-state index in [9.17, 15) is 4.79 Å². The van der Waals surface area contributed by atoms with Gasteiger partial charge >= 0.3 is 0 Å². The monoisotopic (exact) mass is 224 g/mol. The van der Waals surface area contributed by atoms with Gasteiger partial charge in [0.05, 0.1) is 5.41 Å². The van der Waals surface area contributed by atoms with Crippen LogP contribution in [0.3, 0.4) is 0 Å². The summed E-state index contributed by atoms with van der Waals surface area (Å²) in [5.74, 6) is 0.205. The first-order chi connectivity index (χ1) is 7.18. The molecule has 1 aliphatic rings. The molecule has 2 rings (SSSR count).